The lowest BCUT2D eigenvalue weighted by Crippen LogP contribution is -2.43. The number of nitriles is 1. The first-order valence-corrected chi connectivity index (χ1v) is 6.99. The molecular formula is C5H3Cl2F3N4OS. The summed E-state index contributed by atoms with van der Waals surface area (Å²) in [5.41, 5.74) is -0.857. The molecule has 0 spiro atoms. The molecule has 0 atom stereocenters. The minimum absolute atomic E-state index is 0.293. The fourth-order valence-corrected chi connectivity index (χ4v) is 2.26. The molecule has 0 aliphatic rings. The van der Waals surface area contributed by atoms with Crippen LogP contribution < -0.4 is 5.73 Å². The van der Waals surface area contributed by atoms with E-state index in [4.69, 9.17) is 32.4 Å². The smallest absolute Gasteiger partial charge is 0.383 e. The van der Waals surface area contributed by atoms with Crippen molar-refractivity contribution in [3.8, 4) is 6.07 Å². The molecule has 0 unspecified atom stereocenters. The number of alkyl halides is 3. The molecule has 0 aliphatic carbocycles. The number of hydrogen-bond donors (Lipinski definition) is 1. The number of hydrogen-bond acceptors (Lipinski definition) is 4. The summed E-state index contributed by atoms with van der Waals surface area (Å²) in [6.45, 7) is 0. The van der Waals surface area contributed by atoms with Crippen molar-refractivity contribution in [2.24, 2.45) is 0 Å². The lowest BCUT2D eigenvalue weighted by atomic mass is 10.5. The average molecular weight is 295 g/mol. The van der Waals surface area contributed by atoms with E-state index in [1.54, 1.807) is 0 Å². The van der Waals surface area contributed by atoms with Crippen LogP contribution in [0.2, 0.25) is 0 Å². The molecule has 0 fully saturated rings. The third-order valence-corrected chi connectivity index (χ3v) is 4.93. The average Bonchev–Trinajstić information content (AvgIpc) is 2.44. The Balaban J connectivity index is 3.57. The predicted octanol–water partition coefficient (Wildman–Crippen LogP) is 1.75. The zero-order valence-electron chi connectivity index (χ0n) is 7.20. The van der Waals surface area contributed by atoms with E-state index >= 15 is 0 Å². The Morgan fingerprint density at radius 1 is 1.56 bits per heavy atom. The van der Waals surface area contributed by atoms with Gasteiger partial charge in [-0.3, -0.25) is 0 Å². The molecular weight excluding hydrogens is 292 g/mol. The van der Waals surface area contributed by atoms with E-state index in [0.717, 1.165) is 6.07 Å². The first kappa shape index (κ1) is 13.1. The molecule has 0 aliphatic heterocycles. The fraction of sp³-hybridized carbons (Fsp3) is 0.200. The fourth-order valence-electron chi connectivity index (χ4n) is 0.776. The van der Waals surface area contributed by atoms with Crippen LogP contribution in [-0.2, 0) is 7.68 Å². The van der Waals surface area contributed by atoms with Crippen molar-refractivity contribution >= 4 is 34.9 Å². The lowest BCUT2D eigenvalue weighted by Gasteiger charge is -2.30. The van der Waals surface area contributed by atoms with Crippen molar-refractivity contribution in [2.45, 2.75) is 5.51 Å². The van der Waals surface area contributed by atoms with E-state index in [1.165, 1.54) is 6.07 Å². The normalized spacial score (nSPS) is 15.1. The Labute approximate surface area is 96.1 Å². The maximum atomic E-state index is 12.5. The zero-order chi connectivity index (χ0) is 12.8. The van der Waals surface area contributed by atoms with Crippen molar-refractivity contribution in [3.63, 3.8) is 0 Å². The molecule has 1 aromatic heterocycles. The number of anilines is 1. The molecule has 90 valence electrons. The van der Waals surface area contributed by atoms with Gasteiger partial charge in [0.25, 0.3) is 0 Å². The van der Waals surface area contributed by atoms with Crippen LogP contribution in [0, 0.1) is 11.3 Å². The highest BCUT2D eigenvalue weighted by molar-refractivity contribution is 8.53. The minimum Gasteiger partial charge on any atom is -0.383 e. The molecule has 16 heavy (non-hydrogen) atoms. The molecule has 0 saturated carbocycles. The first-order chi connectivity index (χ1) is 6.98. The molecule has 0 bridgehead atoms. The second-order valence-corrected chi connectivity index (χ2v) is 8.78. The predicted molar refractivity (Wildman–Crippen MR) is 52.7 cm³/mol. The number of rotatable bonds is 1. The van der Waals surface area contributed by atoms with Crippen LogP contribution in [0.1, 0.15) is 5.69 Å². The molecule has 2 N–H and O–H groups in total. The van der Waals surface area contributed by atoms with Crippen molar-refractivity contribution < 1.29 is 17.4 Å². The van der Waals surface area contributed by atoms with Crippen molar-refractivity contribution in [1.29, 1.82) is 5.26 Å². The number of nitrogen functional groups attached to an aromatic ring is 1. The minimum atomic E-state index is -6.30. The van der Waals surface area contributed by atoms with Crippen LogP contribution in [0.4, 0.5) is 19.0 Å². The number of halogens is 5. The van der Waals surface area contributed by atoms with Gasteiger partial charge in [0.15, 0.2) is 5.69 Å². The van der Waals surface area contributed by atoms with Crippen LogP contribution in [0.3, 0.4) is 0 Å². The Hall–Kier alpha value is -0.980. The van der Waals surface area contributed by atoms with E-state index in [0.29, 0.717) is 0 Å². The maximum Gasteiger partial charge on any atom is 0.494 e. The van der Waals surface area contributed by atoms with Gasteiger partial charge in [0.1, 0.15) is 11.9 Å². The van der Waals surface area contributed by atoms with E-state index < -0.39 is 24.7 Å². The summed E-state index contributed by atoms with van der Waals surface area (Å²) in [7, 11) is 3.44. The van der Waals surface area contributed by atoms with Gasteiger partial charge < -0.3 is 5.73 Å². The molecule has 0 aromatic carbocycles. The van der Waals surface area contributed by atoms with Gasteiger partial charge in [-0.05, 0) is 0 Å². The van der Waals surface area contributed by atoms with Gasteiger partial charge in [-0.15, -0.1) is 5.10 Å². The zero-order valence-corrected chi connectivity index (χ0v) is 9.53. The highest BCUT2D eigenvalue weighted by Crippen LogP contribution is 2.53. The van der Waals surface area contributed by atoms with Gasteiger partial charge in [-0.1, -0.05) is 0 Å². The van der Waals surface area contributed by atoms with Crippen molar-refractivity contribution in [1.82, 2.24) is 9.19 Å². The molecule has 1 rings (SSSR count). The third kappa shape index (κ3) is 1.73. The van der Waals surface area contributed by atoms with E-state index in [2.05, 4.69) is 5.10 Å². The highest BCUT2D eigenvalue weighted by atomic mass is 36.0. The lowest BCUT2D eigenvalue weighted by molar-refractivity contribution is -0.0423. The molecule has 1 heterocycles. The van der Waals surface area contributed by atoms with Gasteiger partial charge in [-0.25, -0.2) is 4.21 Å². The Morgan fingerprint density at radius 3 is 2.38 bits per heavy atom. The Kier molecular flexibility index (Phi) is 2.66. The molecule has 0 radical (unpaired) electrons. The number of nitrogens with zero attached hydrogens (tertiary/aromatic N) is 3. The summed E-state index contributed by atoms with van der Waals surface area (Å²) in [6, 6.07) is 2.18. The van der Waals surface area contributed by atoms with Crippen LogP contribution >= 0.6 is 21.4 Å². The molecule has 11 heteroatoms. The topological polar surface area (TPSA) is 84.7 Å². The van der Waals surface area contributed by atoms with Crippen molar-refractivity contribution in [3.05, 3.63) is 11.8 Å². The largest absolute Gasteiger partial charge is 0.494 e. The first-order valence-electron chi connectivity index (χ1n) is 3.42. The summed E-state index contributed by atoms with van der Waals surface area (Å²) in [6.07, 6.45) is 0. The summed E-state index contributed by atoms with van der Waals surface area (Å²) >= 11 is 0. The van der Waals surface area contributed by atoms with Gasteiger partial charge >= 0.3 is 5.51 Å². The van der Waals surface area contributed by atoms with E-state index in [1.807, 2.05) is 0 Å². The summed E-state index contributed by atoms with van der Waals surface area (Å²) in [5, 5.41) is 11.4. The maximum absolute atomic E-state index is 12.5. The molecule has 0 amide bonds. The van der Waals surface area contributed by atoms with Crippen LogP contribution in [-0.4, -0.2) is 18.9 Å². The van der Waals surface area contributed by atoms with Gasteiger partial charge in [-0.2, -0.15) is 22.5 Å². The third-order valence-electron chi connectivity index (χ3n) is 1.48. The molecule has 1 aromatic rings. The number of aromatic nitrogens is 2. The van der Waals surface area contributed by atoms with E-state index in [9.17, 15) is 17.4 Å². The van der Waals surface area contributed by atoms with Crippen molar-refractivity contribution in [2.75, 3.05) is 5.73 Å². The number of nitrogens with two attached hydrogens (primary N) is 1. The Morgan fingerprint density at radius 2 is 2.06 bits per heavy atom. The quantitative estimate of drug-likeness (QED) is 0.800. The van der Waals surface area contributed by atoms with Crippen LogP contribution in [0.25, 0.3) is 0 Å². The van der Waals surface area contributed by atoms with Crippen LogP contribution in [0.5, 0.6) is 0 Å². The molecule has 5 nitrogen and oxygen atoms in total. The summed E-state index contributed by atoms with van der Waals surface area (Å²) in [5.74, 6) is -0.726. The van der Waals surface area contributed by atoms with Gasteiger partial charge in [0.2, 0.25) is 7.68 Å². The monoisotopic (exact) mass is 294 g/mol. The molecule has 0 saturated heterocycles. The van der Waals surface area contributed by atoms with Gasteiger partial charge in [0.05, 0.1) is 0 Å². The standard InChI is InChI=1S/C5H3Cl2F3N4OS/c6-16(7,15,5(8,9)10)14-4(12)1-3(2-11)13-14/h1H,12H2. The summed E-state index contributed by atoms with van der Waals surface area (Å²) in [4.78, 5) is 0. The second-order valence-electron chi connectivity index (χ2n) is 2.61. The second kappa shape index (κ2) is 3.26. The Bertz CT molecular complexity index is 539. The van der Waals surface area contributed by atoms with Gasteiger partial charge in [0, 0.05) is 27.4 Å². The van der Waals surface area contributed by atoms with E-state index in [-0.39, 0.29) is 4.09 Å². The summed E-state index contributed by atoms with van der Waals surface area (Å²) < 4.78 is 48.6. The highest BCUT2D eigenvalue weighted by Gasteiger charge is 2.62. The van der Waals surface area contributed by atoms with Crippen LogP contribution in [0.15, 0.2) is 6.07 Å². The SMILES string of the molecule is N#Cc1cc(N)n(S(=O)(Cl)(Cl)C(F)(F)F)n1.